The van der Waals surface area contributed by atoms with Crippen LogP contribution in [0.1, 0.15) is 53.9 Å². The first kappa shape index (κ1) is 21.7. The van der Waals surface area contributed by atoms with Crippen molar-refractivity contribution in [1.29, 1.82) is 0 Å². The standard InChI is InChI=1S/C22H32O8/c1-10-6-7-14(25)20(4)15(28-12(3)23)9-13(24)11(2)17(20)18(26)22-16(8-10)29-19(27)21(22,5)30-22/h8,11,13-18,24-26H,6-7,9H2,1-5H3/b10-8-/t11-,13-,14+,15-,16-,17+,18+,20-,21+,22-/m0/s1. The maximum atomic E-state index is 12.6. The van der Waals surface area contributed by atoms with Crippen molar-refractivity contribution in [3.63, 3.8) is 0 Å². The summed E-state index contributed by atoms with van der Waals surface area (Å²) >= 11 is 0. The molecule has 2 aliphatic carbocycles. The second-order valence-electron chi connectivity index (χ2n) is 9.92. The number of hydrogen-bond acceptors (Lipinski definition) is 8. The van der Waals surface area contributed by atoms with E-state index >= 15 is 0 Å². The molecule has 1 saturated carbocycles. The zero-order chi connectivity index (χ0) is 22.2. The molecule has 0 unspecified atom stereocenters. The number of ether oxygens (including phenoxy) is 3. The molecule has 0 aromatic heterocycles. The Morgan fingerprint density at radius 2 is 1.93 bits per heavy atom. The molecule has 168 valence electrons. The third-order valence-electron chi connectivity index (χ3n) is 8.22. The lowest BCUT2D eigenvalue weighted by atomic mass is 9.53. The summed E-state index contributed by atoms with van der Waals surface area (Å²) in [5.74, 6) is -2.18. The van der Waals surface area contributed by atoms with E-state index in [1.165, 1.54) is 6.92 Å². The molecule has 0 radical (unpaired) electrons. The number of aliphatic hydroxyl groups is 3. The fourth-order valence-electron chi connectivity index (χ4n) is 6.26. The van der Waals surface area contributed by atoms with Gasteiger partial charge in [0.1, 0.15) is 6.10 Å². The van der Waals surface area contributed by atoms with Crippen molar-refractivity contribution in [3.8, 4) is 0 Å². The number of esters is 2. The van der Waals surface area contributed by atoms with Gasteiger partial charge in [-0.05, 0) is 38.7 Å². The predicted octanol–water partition coefficient (Wildman–Crippen LogP) is 0.856. The van der Waals surface area contributed by atoms with Crippen LogP contribution in [0.2, 0.25) is 0 Å². The van der Waals surface area contributed by atoms with Crippen molar-refractivity contribution in [3.05, 3.63) is 11.6 Å². The summed E-state index contributed by atoms with van der Waals surface area (Å²) in [5.41, 5.74) is -2.74. The Labute approximate surface area is 176 Å². The van der Waals surface area contributed by atoms with E-state index in [4.69, 9.17) is 14.2 Å². The fraction of sp³-hybridized carbons (Fsp3) is 0.818. The molecule has 3 N–H and O–H groups in total. The molecule has 8 nitrogen and oxygen atoms in total. The van der Waals surface area contributed by atoms with E-state index in [1.807, 2.05) is 13.8 Å². The number of allylic oxidation sites excluding steroid dienone is 1. The van der Waals surface area contributed by atoms with Crippen molar-refractivity contribution < 1.29 is 39.1 Å². The average molecular weight is 424 g/mol. The molecule has 0 aromatic carbocycles. The van der Waals surface area contributed by atoms with Gasteiger partial charge in [-0.1, -0.05) is 19.4 Å². The van der Waals surface area contributed by atoms with Crippen molar-refractivity contribution in [2.24, 2.45) is 17.3 Å². The summed E-state index contributed by atoms with van der Waals surface area (Å²) in [6.07, 6.45) is -1.66. The Morgan fingerprint density at radius 3 is 2.53 bits per heavy atom. The normalized spacial score (nSPS) is 54.6. The lowest BCUT2D eigenvalue weighted by Gasteiger charge is -2.55. The summed E-state index contributed by atoms with van der Waals surface area (Å²) in [7, 11) is 0. The lowest BCUT2D eigenvalue weighted by molar-refractivity contribution is -0.220. The zero-order valence-electron chi connectivity index (χ0n) is 18.1. The SMILES string of the molecule is CC(=O)O[C@H]1C[C@H](O)[C@H](C)[C@@H]2[C@@H](O)[C@]34O[C@]3(C)C(=O)O[C@H]4/C=C(/C)CC[C@@H](O)[C@]21C. The molecule has 4 rings (SSSR count). The fourth-order valence-corrected chi connectivity index (χ4v) is 6.26. The van der Waals surface area contributed by atoms with Gasteiger partial charge in [-0.25, -0.2) is 4.79 Å². The second-order valence-corrected chi connectivity index (χ2v) is 9.92. The van der Waals surface area contributed by atoms with Crippen molar-refractivity contribution in [1.82, 2.24) is 0 Å². The molecular weight excluding hydrogens is 392 g/mol. The first-order valence-corrected chi connectivity index (χ1v) is 10.7. The minimum atomic E-state index is -1.31. The lowest BCUT2D eigenvalue weighted by Crippen LogP contribution is -2.65. The smallest absolute Gasteiger partial charge is 0.342 e. The monoisotopic (exact) mass is 424 g/mol. The molecule has 3 fully saturated rings. The van der Waals surface area contributed by atoms with E-state index in [0.29, 0.717) is 12.8 Å². The second kappa shape index (κ2) is 6.76. The van der Waals surface area contributed by atoms with Gasteiger partial charge in [0.15, 0.2) is 17.3 Å². The number of aliphatic hydroxyl groups excluding tert-OH is 3. The van der Waals surface area contributed by atoms with E-state index in [0.717, 1.165) is 5.57 Å². The molecular formula is C22H32O8. The molecule has 2 aliphatic heterocycles. The van der Waals surface area contributed by atoms with Crippen molar-refractivity contribution in [2.75, 3.05) is 0 Å². The zero-order valence-corrected chi connectivity index (χ0v) is 18.1. The van der Waals surface area contributed by atoms with Crippen LogP contribution in [0, 0.1) is 17.3 Å². The third kappa shape index (κ3) is 2.66. The summed E-state index contributed by atoms with van der Waals surface area (Å²) < 4.78 is 17.1. The summed E-state index contributed by atoms with van der Waals surface area (Å²) in [4.78, 5) is 24.4. The Kier molecular flexibility index (Phi) is 4.90. The highest BCUT2D eigenvalue weighted by atomic mass is 16.7. The van der Waals surface area contributed by atoms with E-state index in [-0.39, 0.29) is 6.42 Å². The summed E-state index contributed by atoms with van der Waals surface area (Å²) in [5, 5.41) is 33.8. The van der Waals surface area contributed by atoms with Crippen LogP contribution in [-0.2, 0) is 23.8 Å². The van der Waals surface area contributed by atoms with Crippen LogP contribution in [-0.4, -0.2) is 69.0 Å². The molecule has 30 heavy (non-hydrogen) atoms. The Balaban J connectivity index is 1.87. The van der Waals surface area contributed by atoms with Crippen LogP contribution >= 0.6 is 0 Å². The van der Waals surface area contributed by atoms with Gasteiger partial charge in [0.25, 0.3) is 0 Å². The molecule has 8 heteroatoms. The van der Waals surface area contributed by atoms with Crippen LogP contribution in [0.25, 0.3) is 0 Å². The van der Waals surface area contributed by atoms with Gasteiger partial charge >= 0.3 is 11.9 Å². The molecule has 2 heterocycles. The van der Waals surface area contributed by atoms with Gasteiger partial charge in [-0.2, -0.15) is 0 Å². The van der Waals surface area contributed by atoms with Crippen LogP contribution in [0.5, 0.6) is 0 Å². The Morgan fingerprint density at radius 1 is 1.27 bits per heavy atom. The maximum absolute atomic E-state index is 12.6. The molecule has 4 aliphatic rings. The van der Waals surface area contributed by atoms with Gasteiger partial charge in [-0.3, -0.25) is 4.79 Å². The third-order valence-corrected chi connectivity index (χ3v) is 8.22. The highest BCUT2D eigenvalue weighted by Gasteiger charge is 2.86. The Hall–Kier alpha value is -1.48. The Bertz CT molecular complexity index is 794. The van der Waals surface area contributed by atoms with E-state index in [2.05, 4.69) is 0 Å². The highest BCUT2D eigenvalue weighted by molar-refractivity contribution is 5.88. The predicted molar refractivity (Wildman–Crippen MR) is 104 cm³/mol. The first-order valence-electron chi connectivity index (χ1n) is 10.7. The van der Waals surface area contributed by atoms with Crippen LogP contribution in [0.15, 0.2) is 11.6 Å². The number of epoxide rings is 1. The number of rotatable bonds is 1. The van der Waals surface area contributed by atoms with E-state index in [9.17, 15) is 24.9 Å². The van der Waals surface area contributed by atoms with Crippen molar-refractivity contribution in [2.45, 2.75) is 95.6 Å². The highest BCUT2D eigenvalue weighted by Crippen LogP contribution is 2.64. The maximum Gasteiger partial charge on any atom is 0.342 e. The van der Waals surface area contributed by atoms with Crippen molar-refractivity contribution >= 4 is 11.9 Å². The number of carbonyl (C=O) groups is 2. The van der Waals surface area contributed by atoms with E-state index in [1.54, 1.807) is 19.9 Å². The molecule has 0 amide bonds. The molecule has 10 atom stereocenters. The quantitative estimate of drug-likeness (QED) is 0.321. The first-order chi connectivity index (χ1) is 13.9. The number of hydrogen-bond donors (Lipinski definition) is 3. The number of fused-ring (bicyclic) bond motifs is 1. The molecule has 0 bridgehead atoms. The van der Waals surface area contributed by atoms with Gasteiger partial charge < -0.3 is 29.5 Å². The minimum Gasteiger partial charge on any atom is -0.462 e. The summed E-state index contributed by atoms with van der Waals surface area (Å²) in [6.45, 7) is 8.39. The minimum absolute atomic E-state index is 0.163. The number of carbonyl (C=O) groups excluding carboxylic acids is 2. The average Bonchev–Trinajstić information content (AvgIpc) is 3.25. The van der Waals surface area contributed by atoms with Crippen LogP contribution < -0.4 is 0 Å². The van der Waals surface area contributed by atoms with Gasteiger partial charge in [-0.15, -0.1) is 0 Å². The molecule has 1 spiro atoms. The van der Waals surface area contributed by atoms with Crippen LogP contribution in [0.4, 0.5) is 0 Å². The molecule has 0 aromatic rings. The summed E-state index contributed by atoms with van der Waals surface area (Å²) in [6, 6.07) is 0. The molecule has 2 saturated heterocycles. The van der Waals surface area contributed by atoms with Gasteiger partial charge in [0.05, 0.1) is 18.3 Å². The van der Waals surface area contributed by atoms with Gasteiger partial charge in [0, 0.05) is 24.7 Å². The van der Waals surface area contributed by atoms with Gasteiger partial charge in [0.2, 0.25) is 0 Å². The van der Waals surface area contributed by atoms with E-state index < -0.39 is 70.9 Å². The topological polar surface area (TPSA) is 126 Å². The largest absolute Gasteiger partial charge is 0.462 e. The van der Waals surface area contributed by atoms with Crippen LogP contribution in [0.3, 0.4) is 0 Å².